The molecule has 21 heavy (non-hydrogen) atoms. The average molecular weight is 285 g/mol. The Morgan fingerprint density at radius 3 is 3.00 bits per heavy atom. The van der Waals surface area contributed by atoms with Crippen molar-refractivity contribution in [3.63, 3.8) is 0 Å². The molecule has 5 heteroatoms. The molecule has 1 aromatic carbocycles. The van der Waals surface area contributed by atoms with Crippen molar-refractivity contribution in [2.24, 2.45) is 5.92 Å². The lowest BCUT2D eigenvalue weighted by atomic mass is 9.98. The molecule has 0 unspecified atom stereocenters. The fourth-order valence-electron chi connectivity index (χ4n) is 2.78. The molecule has 0 spiro atoms. The largest absolute Gasteiger partial charge is 0.490 e. The van der Waals surface area contributed by atoms with Crippen molar-refractivity contribution in [3.05, 3.63) is 24.3 Å². The molecule has 1 fully saturated rings. The first kappa shape index (κ1) is 13.7. The minimum atomic E-state index is -0.733. The molecule has 1 amide bonds. The third kappa shape index (κ3) is 2.80. The number of benzene rings is 1. The molecule has 1 aromatic rings. The van der Waals surface area contributed by atoms with Gasteiger partial charge < -0.3 is 15.0 Å². The fourth-order valence-corrected chi connectivity index (χ4v) is 2.78. The number of carbonyl (C=O) groups excluding carboxylic acids is 1. The molecule has 0 saturated heterocycles. The van der Waals surface area contributed by atoms with Crippen LogP contribution in [0.15, 0.2) is 24.3 Å². The number of hydrogen-bond acceptors (Lipinski definition) is 4. The van der Waals surface area contributed by atoms with Gasteiger partial charge in [-0.25, -0.2) is 0 Å². The van der Waals surface area contributed by atoms with Gasteiger partial charge in [0, 0.05) is 0 Å². The molecule has 1 heterocycles. The maximum atomic E-state index is 12.3. The molecule has 1 atom stereocenters. The number of rotatable bonds is 4. The number of anilines is 1. The molecular formula is C16H19N3O2. The van der Waals surface area contributed by atoms with Crippen LogP contribution in [0.3, 0.4) is 0 Å². The number of ether oxygens (including phenoxy) is 1. The lowest BCUT2D eigenvalue weighted by Gasteiger charge is -2.32. The molecule has 0 radical (unpaired) electrons. The van der Waals surface area contributed by atoms with E-state index in [1.807, 2.05) is 36.1 Å². The van der Waals surface area contributed by atoms with E-state index >= 15 is 0 Å². The first-order chi connectivity index (χ1) is 10.1. The molecule has 1 N–H and O–H groups in total. The highest BCUT2D eigenvalue weighted by Crippen LogP contribution is 2.39. The van der Waals surface area contributed by atoms with Gasteiger partial charge in [-0.15, -0.1) is 0 Å². The van der Waals surface area contributed by atoms with Crippen molar-refractivity contribution in [2.45, 2.75) is 25.3 Å². The number of nitrogens with zero attached hydrogens (tertiary/aromatic N) is 2. The lowest BCUT2D eigenvalue weighted by Crippen LogP contribution is -2.51. The van der Waals surface area contributed by atoms with Gasteiger partial charge in [0.25, 0.3) is 0 Å². The summed E-state index contributed by atoms with van der Waals surface area (Å²) in [6, 6.07) is 9.96. The summed E-state index contributed by atoms with van der Waals surface area (Å²) in [5, 5.41) is 12.2. The van der Waals surface area contributed by atoms with Gasteiger partial charge >= 0.3 is 0 Å². The maximum absolute atomic E-state index is 12.3. The predicted molar refractivity (Wildman–Crippen MR) is 79.0 cm³/mol. The van der Waals surface area contributed by atoms with E-state index in [-0.39, 0.29) is 12.5 Å². The van der Waals surface area contributed by atoms with E-state index in [1.165, 1.54) is 0 Å². The van der Waals surface area contributed by atoms with Crippen LogP contribution < -0.4 is 15.0 Å². The Morgan fingerprint density at radius 1 is 1.52 bits per heavy atom. The number of nitriles is 1. The number of fused-ring (bicyclic) bond motifs is 1. The number of amides is 1. The van der Waals surface area contributed by atoms with Crippen LogP contribution in [0.4, 0.5) is 5.69 Å². The molecular weight excluding hydrogens is 266 g/mol. The number of hydrogen-bond donors (Lipinski definition) is 1. The summed E-state index contributed by atoms with van der Waals surface area (Å²) >= 11 is 0. The van der Waals surface area contributed by atoms with Gasteiger partial charge in [0.05, 0.1) is 24.8 Å². The van der Waals surface area contributed by atoms with Crippen molar-refractivity contribution in [2.75, 3.05) is 24.6 Å². The second-order valence-corrected chi connectivity index (χ2v) is 5.87. The van der Waals surface area contributed by atoms with Gasteiger partial charge in [0.1, 0.15) is 17.9 Å². The third-order valence-corrected chi connectivity index (χ3v) is 4.18. The summed E-state index contributed by atoms with van der Waals surface area (Å²) in [5.74, 6) is 0.993. The van der Waals surface area contributed by atoms with E-state index in [0.29, 0.717) is 19.1 Å². The monoisotopic (exact) mass is 285 g/mol. The zero-order valence-electron chi connectivity index (χ0n) is 12.1. The second-order valence-electron chi connectivity index (χ2n) is 5.87. The fraction of sp³-hybridized carbons (Fsp3) is 0.500. The second kappa shape index (κ2) is 5.28. The zero-order valence-corrected chi connectivity index (χ0v) is 12.1. The maximum Gasteiger partial charge on any atom is 0.240 e. The van der Waals surface area contributed by atoms with Crippen LogP contribution >= 0.6 is 0 Å². The highest BCUT2D eigenvalue weighted by atomic mass is 16.5. The van der Waals surface area contributed by atoms with Gasteiger partial charge in [-0.05, 0) is 37.8 Å². The number of nitrogens with one attached hydrogen (secondary N) is 1. The topological polar surface area (TPSA) is 65.4 Å². The molecule has 0 aromatic heterocycles. The van der Waals surface area contributed by atoms with Crippen LogP contribution in [0.5, 0.6) is 5.75 Å². The summed E-state index contributed by atoms with van der Waals surface area (Å²) < 4.78 is 5.58. The van der Waals surface area contributed by atoms with E-state index in [2.05, 4.69) is 11.4 Å². The molecule has 1 aliphatic carbocycles. The summed E-state index contributed by atoms with van der Waals surface area (Å²) in [4.78, 5) is 14.3. The molecule has 1 saturated carbocycles. The average Bonchev–Trinajstić information content (AvgIpc) is 3.32. The molecule has 3 rings (SSSR count). The van der Waals surface area contributed by atoms with Gasteiger partial charge in [0.2, 0.25) is 5.91 Å². The minimum absolute atomic E-state index is 0.109. The van der Waals surface area contributed by atoms with E-state index in [0.717, 1.165) is 24.3 Å². The molecule has 0 bridgehead atoms. The summed E-state index contributed by atoms with van der Waals surface area (Å²) in [6.45, 7) is 3.32. The SMILES string of the molecule is C[C@@](C#N)(NC(=O)CN1CCOc2ccccc21)C1CC1. The van der Waals surface area contributed by atoms with Crippen LogP contribution in [-0.4, -0.2) is 31.1 Å². The third-order valence-electron chi connectivity index (χ3n) is 4.18. The lowest BCUT2D eigenvalue weighted by molar-refractivity contribution is -0.121. The van der Waals surface area contributed by atoms with Crippen LogP contribution in [0.1, 0.15) is 19.8 Å². The smallest absolute Gasteiger partial charge is 0.240 e. The van der Waals surface area contributed by atoms with E-state index in [4.69, 9.17) is 4.74 Å². The number of carbonyl (C=O) groups is 1. The van der Waals surface area contributed by atoms with Crippen molar-refractivity contribution < 1.29 is 9.53 Å². The Balaban J connectivity index is 1.67. The van der Waals surface area contributed by atoms with Crippen LogP contribution in [0, 0.1) is 17.2 Å². The summed E-state index contributed by atoms with van der Waals surface area (Å²) in [6.07, 6.45) is 2.04. The van der Waals surface area contributed by atoms with Crippen LogP contribution in [0.2, 0.25) is 0 Å². The highest BCUT2D eigenvalue weighted by Gasteiger charge is 2.43. The highest BCUT2D eigenvalue weighted by molar-refractivity contribution is 5.83. The Bertz CT molecular complexity index is 591. The Hall–Kier alpha value is -2.22. The van der Waals surface area contributed by atoms with Crippen LogP contribution in [0.25, 0.3) is 0 Å². The van der Waals surface area contributed by atoms with Crippen molar-refractivity contribution in [3.8, 4) is 11.8 Å². The Morgan fingerprint density at radius 2 is 2.29 bits per heavy atom. The molecule has 2 aliphatic rings. The normalized spacial score (nSPS) is 19.7. The first-order valence-electron chi connectivity index (χ1n) is 7.31. The Kier molecular flexibility index (Phi) is 3.46. The van der Waals surface area contributed by atoms with E-state index in [9.17, 15) is 10.1 Å². The van der Waals surface area contributed by atoms with Crippen LogP contribution in [-0.2, 0) is 4.79 Å². The van der Waals surface area contributed by atoms with Gasteiger partial charge in [-0.1, -0.05) is 12.1 Å². The number of para-hydroxylation sites is 2. The quantitative estimate of drug-likeness (QED) is 0.914. The molecule has 5 nitrogen and oxygen atoms in total. The first-order valence-corrected chi connectivity index (χ1v) is 7.31. The van der Waals surface area contributed by atoms with Gasteiger partial charge in [0.15, 0.2) is 0 Å². The van der Waals surface area contributed by atoms with Gasteiger partial charge in [-0.2, -0.15) is 5.26 Å². The van der Waals surface area contributed by atoms with Crippen molar-refractivity contribution in [1.82, 2.24) is 5.32 Å². The molecule has 110 valence electrons. The minimum Gasteiger partial charge on any atom is -0.490 e. The standard InChI is InChI=1S/C16H19N3O2/c1-16(11-17,12-6-7-12)18-15(20)10-19-8-9-21-14-5-3-2-4-13(14)19/h2-5,12H,6-10H2,1H3,(H,18,20)/t16-/m0/s1. The van der Waals surface area contributed by atoms with Crippen molar-refractivity contribution in [1.29, 1.82) is 5.26 Å². The van der Waals surface area contributed by atoms with Gasteiger partial charge in [-0.3, -0.25) is 4.79 Å². The summed E-state index contributed by atoms with van der Waals surface area (Å²) in [7, 11) is 0. The van der Waals surface area contributed by atoms with E-state index < -0.39 is 5.54 Å². The Labute approximate surface area is 124 Å². The molecule has 1 aliphatic heterocycles. The predicted octanol–water partition coefficient (Wildman–Crippen LogP) is 1.69. The zero-order chi connectivity index (χ0) is 14.9. The van der Waals surface area contributed by atoms with Crippen molar-refractivity contribution >= 4 is 11.6 Å². The summed E-state index contributed by atoms with van der Waals surface area (Å²) in [5.41, 5.74) is 0.201. The van der Waals surface area contributed by atoms with E-state index in [1.54, 1.807) is 0 Å².